The van der Waals surface area contributed by atoms with Crippen LogP contribution in [-0.4, -0.2) is 47.1 Å². The van der Waals surface area contributed by atoms with Gasteiger partial charge in [0, 0.05) is 36.9 Å². The van der Waals surface area contributed by atoms with Gasteiger partial charge in [0.25, 0.3) is 0 Å². The average molecular weight is 280 g/mol. The number of carbonyl (C=O) groups excluding carboxylic acids is 2. The van der Waals surface area contributed by atoms with Gasteiger partial charge in [0.2, 0.25) is 11.8 Å². The van der Waals surface area contributed by atoms with Gasteiger partial charge in [-0.15, -0.1) is 0 Å². The van der Waals surface area contributed by atoms with E-state index in [0.717, 1.165) is 19.4 Å². The molecule has 2 rings (SSSR count). The predicted molar refractivity (Wildman–Crippen MR) is 75.8 cm³/mol. The molecule has 2 fully saturated rings. The summed E-state index contributed by atoms with van der Waals surface area (Å²) in [7, 11) is 0. The maximum Gasteiger partial charge on any atom is 0.243 e. The van der Waals surface area contributed by atoms with E-state index in [2.05, 4.69) is 11.9 Å². The van der Waals surface area contributed by atoms with Gasteiger partial charge in [-0.3, -0.25) is 9.59 Å². The zero-order valence-corrected chi connectivity index (χ0v) is 12.3. The molecule has 1 saturated carbocycles. The Labute approximate surface area is 120 Å². The Kier molecular flexibility index (Phi) is 4.18. The second-order valence-electron chi connectivity index (χ2n) is 6.35. The third kappa shape index (κ3) is 2.46. The van der Waals surface area contributed by atoms with Crippen LogP contribution in [0.3, 0.4) is 0 Å². The summed E-state index contributed by atoms with van der Waals surface area (Å²) in [4.78, 5) is 25.3. The van der Waals surface area contributed by atoms with Gasteiger partial charge in [0.1, 0.15) is 0 Å². The predicted octanol–water partition coefficient (Wildman–Crippen LogP) is 0.687. The molecule has 1 aliphatic heterocycles. The second-order valence-corrected chi connectivity index (χ2v) is 6.35. The fourth-order valence-electron chi connectivity index (χ4n) is 3.71. The van der Waals surface area contributed by atoms with E-state index in [4.69, 9.17) is 0 Å². The molecule has 5 nitrogen and oxygen atoms in total. The summed E-state index contributed by atoms with van der Waals surface area (Å²) >= 11 is 0. The van der Waals surface area contributed by atoms with Crippen molar-refractivity contribution in [2.24, 2.45) is 11.3 Å². The maximum absolute atomic E-state index is 12.3. The van der Waals surface area contributed by atoms with E-state index in [0.29, 0.717) is 13.0 Å². The van der Waals surface area contributed by atoms with Crippen LogP contribution in [0.5, 0.6) is 0 Å². The second kappa shape index (κ2) is 5.56. The Balaban J connectivity index is 1.92. The number of nitrogens with zero attached hydrogens (tertiary/aromatic N) is 1. The number of fused-ring (bicyclic) bond motifs is 1. The summed E-state index contributed by atoms with van der Waals surface area (Å²) in [6, 6.07) is 0.133. The highest BCUT2D eigenvalue weighted by Crippen LogP contribution is 2.52. The first-order chi connectivity index (χ1) is 9.39. The van der Waals surface area contributed by atoms with Crippen molar-refractivity contribution in [3.05, 3.63) is 12.7 Å². The normalized spacial score (nSPS) is 30.9. The van der Waals surface area contributed by atoms with Crippen LogP contribution in [0, 0.1) is 11.3 Å². The minimum Gasteiger partial charge on any atom is -0.392 e. The highest BCUT2D eigenvalue weighted by atomic mass is 16.3. The fourth-order valence-corrected chi connectivity index (χ4v) is 3.71. The van der Waals surface area contributed by atoms with E-state index >= 15 is 0 Å². The van der Waals surface area contributed by atoms with Crippen molar-refractivity contribution in [1.29, 1.82) is 0 Å². The Bertz CT molecular complexity index is 419. The van der Waals surface area contributed by atoms with Crippen LogP contribution in [0.2, 0.25) is 0 Å². The number of amides is 2. The molecule has 1 aliphatic carbocycles. The number of piperidine rings is 1. The number of nitrogens with one attached hydrogen (secondary N) is 1. The Morgan fingerprint density at radius 2 is 2.20 bits per heavy atom. The summed E-state index contributed by atoms with van der Waals surface area (Å²) in [5, 5.41) is 12.8. The van der Waals surface area contributed by atoms with Gasteiger partial charge in [0.05, 0.1) is 6.10 Å². The molecule has 112 valence electrons. The molecule has 0 aromatic carbocycles. The minimum atomic E-state index is -0.316. The van der Waals surface area contributed by atoms with Gasteiger partial charge in [-0.2, -0.15) is 0 Å². The van der Waals surface area contributed by atoms with E-state index in [-0.39, 0.29) is 35.3 Å². The van der Waals surface area contributed by atoms with E-state index < -0.39 is 0 Å². The smallest absolute Gasteiger partial charge is 0.243 e. The van der Waals surface area contributed by atoms with Crippen molar-refractivity contribution in [1.82, 2.24) is 10.2 Å². The van der Waals surface area contributed by atoms with Crippen molar-refractivity contribution >= 4 is 11.8 Å². The van der Waals surface area contributed by atoms with Crippen LogP contribution in [0.1, 0.15) is 33.1 Å². The lowest BCUT2D eigenvalue weighted by atomic mass is 9.54. The molecule has 0 bridgehead atoms. The molecule has 1 heterocycles. The molecule has 2 amide bonds. The highest BCUT2D eigenvalue weighted by Gasteiger charge is 2.59. The number of hydrogen-bond donors (Lipinski definition) is 2. The largest absolute Gasteiger partial charge is 0.392 e. The summed E-state index contributed by atoms with van der Waals surface area (Å²) in [6.45, 7) is 8.50. The minimum absolute atomic E-state index is 0.0593. The molecule has 0 spiro atoms. The molecule has 3 atom stereocenters. The SMILES string of the molecule is C=CC(=O)NCCC(=O)N1CCC[C@@H]2[C@H](O)C(C)(C)[C@@H]21. The van der Waals surface area contributed by atoms with Crippen molar-refractivity contribution in [2.45, 2.75) is 45.3 Å². The molecule has 0 aromatic rings. The summed E-state index contributed by atoms with van der Waals surface area (Å²) in [5.74, 6) is 0.0169. The Morgan fingerprint density at radius 3 is 2.85 bits per heavy atom. The number of carbonyl (C=O) groups is 2. The summed E-state index contributed by atoms with van der Waals surface area (Å²) in [6.07, 6.45) is 3.12. The van der Waals surface area contributed by atoms with E-state index in [1.54, 1.807) is 0 Å². The van der Waals surface area contributed by atoms with Gasteiger partial charge >= 0.3 is 0 Å². The van der Waals surface area contributed by atoms with Gasteiger partial charge in [-0.05, 0) is 18.9 Å². The molecule has 0 unspecified atom stereocenters. The lowest BCUT2D eigenvalue weighted by molar-refractivity contribution is -0.197. The number of rotatable bonds is 4. The zero-order chi connectivity index (χ0) is 14.9. The molecular formula is C15H24N2O3. The number of likely N-dealkylation sites (tertiary alicyclic amines) is 1. The van der Waals surface area contributed by atoms with Gasteiger partial charge in [-0.25, -0.2) is 0 Å². The number of aliphatic hydroxyl groups is 1. The molecule has 2 aliphatic rings. The van der Waals surface area contributed by atoms with Crippen molar-refractivity contribution < 1.29 is 14.7 Å². The van der Waals surface area contributed by atoms with Crippen LogP contribution in [0.15, 0.2) is 12.7 Å². The van der Waals surface area contributed by atoms with Crippen molar-refractivity contribution in [3.63, 3.8) is 0 Å². The van der Waals surface area contributed by atoms with Crippen LogP contribution in [-0.2, 0) is 9.59 Å². The van der Waals surface area contributed by atoms with Crippen molar-refractivity contribution in [3.8, 4) is 0 Å². The third-order valence-corrected chi connectivity index (χ3v) is 4.75. The quantitative estimate of drug-likeness (QED) is 0.744. The lowest BCUT2D eigenvalue weighted by Gasteiger charge is -2.62. The van der Waals surface area contributed by atoms with Crippen LogP contribution in [0.25, 0.3) is 0 Å². The fraction of sp³-hybridized carbons (Fsp3) is 0.733. The zero-order valence-electron chi connectivity index (χ0n) is 12.3. The lowest BCUT2D eigenvalue weighted by Crippen LogP contribution is -2.71. The standard InChI is InChI=1S/C15H24N2O3/c1-4-11(18)16-8-7-12(19)17-9-5-6-10-13(17)15(2,3)14(10)20/h4,10,13-14,20H,1,5-9H2,2-3H3,(H,16,18)/t10-,13+,14-/m0/s1. The monoisotopic (exact) mass is 280 g/mol. The third-order valence-electron chi connectivity index (χ3n) is 4.75. The summed E-state index contributed by atoms with van der Waals surface area (Å²) < 4.78 is 0. The van der Waals surface area contributed by atoms with Crippen molar-refractivity contribution in [2.75, 3.05) is 13.1 Å². The highest BCUT2D eigenvalue weighted by molar-refractivity contribution is 5.87. The summed E-state index contributed by atoms with van der Waals surface area (Å²) in [5.41, 5.74) is -0.231. The average Bonchev–Trinajstić information content (AvgIpc) is 2.45. The van der Waals surface area contributed by atoms with Crippen LogP contribution < -0.4 is 5.32 Å². The van der Waals surface area contributed by atoms with E-state index in [9.17, 15) is 14.7 Å². The Hall–Kier alpha value is -1.36. The molecule has 20 heavy (non-hydrogen) atoms. The van der Waals surface area contributed by atoms with E-state index in [1.165, 1.54) is 6.08 Å². The molecule has 2 N–H and O–H groups in total. The van der Waals surface area contributed by atoms with E-state index in [1.807, 2.05) is 18.7 Å². The number of hydrogen-bond acceptors (Lipinski definition) is 3. The molecule has 0 radical (unpaired) electrons. The van der Waals surface area contributed by atoms with Gasteiger partial charge < -0.3 is 15.3 Å². The first kappa shape index (κ1) is 15.0. The Morgan fingerprint density at radius 1 is 1.50 bits per heavy atom. The number of aliphatic hydroxyl groups excluding tert-OH is 1. The first-order valence-corrected chi connectivity index (χ1v) is 7.27. The van der Waals surface area contributed by atoms with Gasteiger partial charge in [0.15, 0.2) is 0 Å². The molecule has 1 saturated heterocycles. The van der Waals surface area contributed by atoms with Crippen LogP contribution in [0.4, 0.5) is 0 Å². The molecular weight excluding hydrogens is 256 g/mol. The van der Waals surface area contributed by atoms with Crippen LogP contribution >= 0.6 is 0 Å². The topological polar surface area (TPSA) is 69.6 Å². The molecule has 5 heteroatoms. The first-order valence-electron chi connectivity index (χ1n) is 7.27. The van der Waals surface area contributed by atoms with Gasteiger partial charge in [-0.1, -0.05) is 20.4 Å². The molecule has 0 aromatic heterocycles. The maximum atomic E-state index is 12.3.